The molecule has 82 valence electrons. The van der Waals surface area contributed by atoms with Gasteiger partial charge in [-0.25, -0.2) is 4.98 Å². The Morgan fingerprint density at radius 1 is 1.31 bits per heavy atom. The number of nitrogen functional groups attached to an aromatic ring is 1. The van der Waals surface area contributed by atoms with Gasteiger partial charge in [-0.05, 0) is 25.0 Å². The normalized spacial score (nSPS) is 15.0. The molecule has 0 unspecified atom stereocenters. The van der Waals surface area contributed by atoms with E-state index in [4.69, 9.17) is 14.9 Å². The molecule has 1 fully saturated rings. The van der Waals surface area contributed by atoms with E-state index in [0.717, 1.165) is 18.6 Å². The van der Waals surface area contributed by atoms with E-state index in [9.17, 15) is 0 Å². The van der Waals surface area contributed by atoms with E-state index in [-0.39, 0.29) is 6.01 Å². The van der Waals surface area contributed by atoms with Crippen LogP contribution in [0.25, 0.3) is 11.6 Å². The number of ether oxygens (including phenoxy) is 1. The zero-order chi connectivity index (χ0) is 11.0. The van der Waals surface area contributed by atoms with Crippen LogP contribution in [0, 0.1) is 0 Å². The Morgan fingerprint density at radius 3 is 2.75 bits per heavy atom. The minimum absolute atomic E-state index is 0.0371. The van der Waals surface area contributed by atoms with Gasteiger partial charge in [0, 0.05) is 0 Å². The van der Waals surface area contributed by atoms with E-state index in [2.05, 4.69) is 15.2 Å². The van der Waals surface area contributed by atoms with Crippen molar-refractivity contribution in [3.63, 3.8) is 0 Å². The molecule has 2 N–H and O–H groups in total. The molecule has 6 nitrogen and oxygen atoms in total. The van der Waals surface area contributed by atoms with Gasteiger partial charge in [-0.1, -0.05) is 5.10 Å². The molecule has 1 saturated carbocycles. The summed E-state index contributed by atoms with van der Waals surface area (Å²) in [6, 6.07) is 3.64. The molecule has 0 saturated heterocycles. The lowest BCUT2D eigenvalue weighted by molar-refractivity contribution is 0.302. The molecule has 0 amide bonds. The number of nitrogens with zero attached hydrogens (tertiary/aromatic N) is 3. The van der Waals surface area contributed by atoms with Crippen LogP contribution in [0.15, 0.2) is 22.7 Å². The van der Waals surface area contributed by atoms with Gasteiger partial charge >= 0.3 is 6.01 Å². The van der Waals surface area contributed by atoms with Gasteiger partial charge in [0.15, 0.2) is 0 Å². The van der Waals surface area contributed by atoms with Gasteiger partial charge in [0.2, 0.25) is 0 Å². The average Bonchev–Trinajstić information content (AvgIpc) is 3.00. The minimum atomic E-state index is 0.0371. The van der Waals surface area contributed by atoms with E-state index < -0.39 is 0 Å². The molecule has 16 heavy (non-hydrogen) atoms. The molecule has 6 heteroatoms. The number of aromatic nitrogens is 3. The first-order chi connectivity index (χ1) is 7.81. The Morgan fingerprint density at radius 2 is 2.19 bits per heavy atom. The fraction of sp³-hybridized carbons (Fsp3) is 0.300. The third-order valence-corrected chi connectivity index (χ3v) is 2.22. The second-order valence-electron chi connectivity index (χ2n) is 3.64. The molecule has 0 aromatic carbocycles. The molecule has 0 atom stereocenters. The maximum atomic E-state index is 5.57. The zero-order valence-corrected chi connectivity index (χ0v) is 8.46. The maximum absolute atomic E-state index is 5.57. The molecule has 1 aliphatic carbocycles. The van der Waals surface area contributed by atoms with Crippen LogP contribution in [0.3, 0.4) is 0 Å². The molecule has 1 aliphatic rings. The van der Waals surface area contributed by atoms with Crippen molar-refractivity contribution in [3.8, 4) is 17.3 Å². The molecule has 0 radical (unpaired) electrons. The second kappa shape index (κ2) is 3.48. The third kappa shape index (κ3) is 1.81. The van der Waals surface area contributed by atoms with Crippen molar-refractivity contribution < 1.29 is 9.15 Å². The lowest BCUT2D eigenvalue weighted by Crippen LogP contribution is -1.96. The fourth-order valence-corrected chi connectivity index (χ4v) is 1.29. The highest BCUT2D eigenvalue weighted by molar-refractivity contribution is 5.47. The van der Waals surface area contributed by atoms with Crippen LogP contribution in [-0.4, -0.2) is 21.3 Å². The quantitative estimate of drug-likeness (QED) is 0.834. The summed E-state index contributed by atoms with van der Waals surface area (Å²) in [5.41, 5.74) is 5.92. The van der Waals surface area contributed by atoms with Crippen molar-refractivity contribution in [1.82, 2.24) is 15.2 Å². The standard InChI is InChI=1S/C10H10N4O2/c11-10-14-13-9(16-10)8-4-3-7(5-12-8)15-6-1-2-6/h3-6H,1-2H2,(H2,11,14). The summed E-state index contributed by atoms with van der Waals surface area (Å²) in [6.07, 6.45) is 4.27. The first kappa shape index (κ1) is 9.14. The Labute approximate surface area is 91.5 Å². The molecular weight excluding hydrogens is 208 g/mol. The largest absolute Gasteiger partial charge is 0.489 e. The van der Waals surface area contributed by atoms with Gasteiger partial charge in [-0.3, -0.25) is 0 Å². The van der Waals surface area contributed by atoms with E-state index in [1.54, 1.807) is 12.3 Å². The van der Waals surface area contributed by atoms with Crippen LogP contribution in [-0.2, 0) is 0 Å². The first-order valence-corrected chi connectivity index (χ1v) is 5.03. The third-order valence-electron chi connectivity index (χ3n) is 2.22. The van der Waals surface area contributed by atoms with Crippen molar-refractivity contribution in [2.75, 3.05) is 5.73 Å². The summed E-state index contributed by atoms with van der Waals surface area (Å²) in [7, 11) is 0. The van der Waals surface area contributed by atoms with Crippen LogP contribution >= 0.6 is 0 Å². The van der Waals surface area contributed by atoms with E-state index in [0.29, 0.717) is 17.7 Å². The summed E-state index contributed by atoms with van der Waals surface area (Å²) in [6.45, 7) is 0. The highest BCUT2D eigenvalue weighted by atomic mass is 16.5. The zero-order valence-electron chi connectivity index (χ0n) is 8.46. The average molecular weight is 218 g/mol. The summed E-state index contributed by atoms with van der Waals surface area (Å²) in [5.74, 6) is 1.08. The summed E-state index contributed by atoms with van der Waals surface area (Å²) in [4.78, 5) is 4.17. The number of anilines is 1. The van der Waals surface area contributed by atoms with Crippen LogP contribution in [0.2, 0.25) is 0 Å². The van der Waals surface area contributed by atoms with Crippen molar-refractivity contribution in [3.05, 3.63) is 18.3 Å². The molecule has 0 spiro atoms. The maximum Gasteiger partial charge on any atom is 0.313 e. The smallest absolute Gasteiger partial charge is 0.313 e. The molecule has 2 aromatic heterocycles. The predicted octanol–water partition coefficient (Wildman–Crippen LogP) is 1.25. The first-order valence-electron chi connectivity index (χ1n) is 5.03. The van der Waals surface area contributed by atoms with Crippen LogP contribution in [0.1, 0.15) is 12.8 Å². The Kier molecular flexibility index (Phi) is 1.99. The molecular formula is C10H10N4O2. The Hall–Kier alpha value is -2.11. The number of nitrogens with two attached hydrogens (primary N) is 1. The molecule has 3 rings (SSSR count). The number of hydrogen-bond donors (Lipinski definition) is 1. The van der Waals surface area contributed by atoms with Crippen molar-refractivity contribution >= 4 is 6.01 Å². The number of rotatable bonds is 3. The summed E-state index contributed by atoms with van der Waals surface area (Å²) < 4.78 is 10.6. The topological polar surface area (TPSA) is 87.1 Å². The van der Waals surface area contributed by atoms with Crippen molar-refractivity contribution in [1.29, 1.82) is 0 Å². The molecule has 0 aliphatic heterocycles. The van der Waals surface area contributed by atoms with Gasteiger partial charge in [0.25, 0.3) is 5.89 Å². The van der Waals surface area contributed by atoms with Crippen molar-refractivity contribution in [2.45, 2.75) is 18.9 Å². The highest BCUT2D eigenvalue weighted by Crippen LogP contribution is 2.27. The fourth-order valence-electron chi connectivity index (χ4n) is 1.29. The second-order valence-corrected chi connectivity index (χ2v) is 3.64. The predicted molar refractivity (Wildman–Crippen MR) is 55.6 cm³/mol. The van der Waals surface area contributed by atoms with E-state index in [1.807, 2.05) is 6.07 Å². The van der Waals surface area contributed by atoms with Crippen LogP contribution < -0.4 is 10.5 Å². The van der Waals surface area contributed by atoms with Crippen LogP contribution in [0.5, 0.6) is 5.75 Å². The van der Waals surface area contributed by atoms with Gasteiger partial charge in [0.1, 0.15) is 11.4 Å². The number of pyridine rings is 1. The lowest BCUT2D eigenvalue weighted by atomic mass is 10.3. The Bertz CT molecular complexity index is 490. The summed E-state index contributed by atoms with van der Waals surface area (Å²) in [5, 5.41) is 7.31. The van der Waals surface area contributed by atoms with Gasteiger partial charge in [-0.2, -0.15) is 0 Å². The SMILES string of the molecule is Nc1nnc(-c2ccc(OC3CC3)cn2)o1. The van der Waals surface area contributed by atoms with E-state index in [1.165, 1.54) is 0 Å². The Balaban J connectivity index is 1.80. The lowest BCUT2D eigenvalue weighted by Gasteiger charge is -2.02. The van der Waals surface area contributed by atoms with Gasteiger partial charge in [0.05, 0.1) is 12.3 Å². The monoisotopic (exact) mass is 218 g/mol. The van der Waals surface area contributed by atoms with Crippen LogP contribution in [0.4, 0.5) is 6.01 Å². The highest BCUT2D eigenvalue weighted by Gasteiger charge is 2.23. The van der Waals surface area contributed by atoms with Gasteiger partial charge < -0.3 is 14.9 Å². The number of hydrogen-bond acceptors (Lipinski definition) is 6. The molecule has 0 bridgehead atoms. The summed E-state index contributed by atoms with van der Waals surface area (Å²) >= 11 is 0. The van der Waals surface area contributed by atoms with E-state index >= 15 is 0 Å². The molecule has 2 heterocycles. The molecule has 2 aromatic rings. The van der Waals surface area contributed by atoms with Crippen molar-refractivity contribution in [2.24, 2.45) is 0 Å². The minimum Gasteiger partial charge on any atom is -0.489 e. The van der Waals surface area contributed by atoms with Gasteiger partial charge in [-0.15, -0.1) is 5.10 Å².